The van der Waals surface area contributed by atoms with Crippen LogP contribution < -0.4 is 14.8 Å². The third kappa shape index (κ3) is 6.06. The first-order valence-electron chi connectivity index (χ1n) is 11.1. The van der Waals surface area contributed by atoms with E-state index in [2.05, 4.69) is 32.4 Å². The number of hydrogen-bond acceptors (Lipinski definition) is 5. The van der Waals surface area contributed by atoms with Gasteiger partial charge < -0.3 is 24.4 Å². The van der Waals surface area contributed by atoms with Gasteiger partial charge in [0.05, 0.1) is 32.6 Å². The molecule has 1 aliphatic carbocycles. The average Bonchev–Trinajstić information content (AvgIpc) is 3.46. The van der Waals surface area contributed by atoms with Crippen molar-refractivity contribution in [3.05, 3.63) is 41.7 Å². The van der Waals surface area contributed by atoms with Gasteiger partial charge in [0.25, 0.3) is 0 Å². The zero-order valence-electron chi connectivity index (χ0n) is 19.1. The number of methoxy groups -OCH3 is 1. The zero-order valence-corrected chi connectivity index (χ0v) is 21.5. The van der Waals surface area contributed by atoms with Crippen molar-refractivity contribution in [2.24, 2.45) is 12.0 Å². The van der Waals surface area contributed by atoms with E-state index in [9.17, 15) is 0 Å². The summed E-state index contributed by atoms with van der Waals surface area (Å²) in [5.41, 5.74) is 2.22. The van der Waals surface area contributed by atoms with Crippen LogP contribution in [0.15, 0.2) is 35.6 Å². The van der Waals surface area contributed by atoms with E-state index in [-0.39, 0.29) is 30.1 Å². The van der Waals surface area contributed by atoms with E-state index in [1.54, 1.807) is 11.8 Å². The molecular formula is C23H34IN5O3. The molecule has 4 rings (SSSR count). The van der Waals surface area contributed by atoms with E-state index in [1.807, 2.05) is 32.6 Å². The van der Waals surface area contributed by atoms with Crippen molar-refractivity contribution >= 4 is 29.9 Å². The third-order valence-electron chi connectivity index (χ3n) is 5.95. The summed E-state index contributed by atoms with van der Waals surface area (Å²) in [5, 5.41) is 7.76. The van der Waals surface area contributed by atoms with Gasteiger partial charge in [-0.05, 0) is 43.4 Å². The average molecular weight is 555 g/mol. The Labute approximate surface area is 207 Å². The second-order valence-corrected chi connectivity index (χ2v) is 8.16. The minimum Gasteiger partial charge on any atom is -0.493 e. The van der Waals surface area contributed by atoms with Crippen LogP contribution in [0.2, 0.25) is 0 Å². The van der Waals surface area contributed by atoms with Crippen LogP contribution in [0.25, 0.3) is 0 Å². The first-order chi connectivity index (χ1) is 15.2. The Morgan fingerprint density at radius 1 is 1.28 bits per heavy atom. The lowest BCUT2D eigenvalue weighted by molar-refractivity contribution is -0.00805. The van der Waals surface area contributed by atoms with E-state index in [1.165, 1.54) is 12.8 Å². The lowest BCUT2D eigenvalue weighted by Gasteiger charge is -2.34. The van der Waals surface area contributed by atoms with Gasteiger partial charge in [-0.3, -0.25) is 9.67 Å². The number of morpholine rings is 1. The Bertz CT molecular complexity index is 898. The molecule has 176 valence electrons. The topological polar surface area (TPSA) is 73.1 Å². The molecule has 1 aromatic carbocycles. The van der Waals surface area contributed by atoms with Gasteiger partial charge in [0.1, 0.15) is 6.10 Å². The summed E-state index contributed by atoms with van der Waals surface area (Å²) in [6, 6.07) is 6.13. The molecule has 1 unspecified atom stereocenters. The normalized spacial score (nSPS) is 19.5. The van der Waals surface area contributed by atoms with Crippen molar-refractivity contribution in [1.82, 2.24) is 20.0 Å². The van der Waals surface area contributed by atoms with Crippen LogP contribution in [-0.2, 0) is 18.3 Å². The number of hydrogen-bond donors (Lipinski definition) is 1. The number of aryl methyl sites for hydroxylation is 1. The number of rotatable bonds is 6. The number of aromatic nitrogens is 2. The number of nitrogens with zero attached hydrogens (tertiary/aromatic N) is 4. The molecule has 0 bridgehead atoms. The summed E-state index contributed by atoms with van der Waals surface area (Å²) < 4.78 is 19.5. The molecule has 32 heavy (non-hydrogen) atoms. The van der Waals surface area contributed by atoms with E-state index in [4.69, 9.17) is 14.2 Å². The molecule has 1 saturated heterocycles. The number of ether oxygens (including phenoxy) is 3. The number of guanidine groups is 1. The standard InChI is InChI=1S/C23H33N5O3.HI/c1-24-23(28-10-11-30-22(16-28)18-14-26-27(2)15-18)25-13-17-8-9-20(29-3)21(12-17)31-19-6-4-5-7-19;/h8-9,12,14-15,19,22H,4-7,10-11,13,16H2,1-3H3,(H,24,25);1H. The smallest absolute Gasteiger partial charge is 0.194 e. The summed E-state index contributed by atoms with van der Waals surface area (Å²) in [6.45, 7) is 2.86. The zero-order chi connectivity index (χ0) is 21.6. The Kier molecular flexibility index (Phi) is 9.03. The predicted molar refractivity (Wildman–Crippen MR) is 135 cm³/mol. The molecule has 1 saturated carbocycles. The molecule has 2 aliphatic rings. The maximum atomic E-state index is 6.23. The highest BCUT2D eigenvalue weighted by molar-refractivity contribution is 14.0. The highest BCUT2D eigenvalue weighted by Crippen LogP contribution is 2.32. The van der Waals surface area contributed by atoms with Crippen molar-refractivity contribution in [2.75, 3.05) is 33.9 Å². The maximum absolute atomic E-state index is 6.23. The van der Waals surface area contributed by atoms with Gasteiger partial charge in [0.15, 0.2) is 17.5 Å². The van der Waals surface area contributed by atoms with Gasteiger partial charge in [-0.2, -0.15) is 5.10 Å². The molecule has 0 spiro atoms. The lowest BCUT2D eigenvalue weighted by Crippen LogP contribution is -2.47. The van der Waals surface area contributed by atoms with Crippen molar-refractivity contribution in [3.63, 3.8) is 0 Å². The van der Waals surface area contributed by atoms with Crippen LogP contribution in [0, 0.1) is 0 Å². The Hall–Kier alpha value is -2.01. The van der Waals surface area contributed by atoms with E-state index >= 15 is 0 Å². The number of nitrogens with one attached hydrogen (secondary N) is 1. The van der Waals surface area contributed by atoms with Crippen LogP contribution in [0.1, 0.15) is 42.9 Å². The summed E-state index contributed by atoms with van der Waals surface area (Å²) in [5.74, 6) is 2.48. The van der Waals surface area contributed by atoms with Gasteiger partial charge >= 0.3 is 0 Å². The molecule has 1 atom stereocenters. The van der Waals surface area contributed by atoms with Gasteiger partial charge in [0, 0.05) is 38.9 Å². The Morgan fingerprint density at radius 2 is 2.09 bits per heavy atom. The summed E-state index contributed by atoms with van der Waals surface area (Å²) in [6.07, 6.45) is 8.88. The first kappa shape index (κ1) is 24.6. The Morgan fingerprint density at radius 3 is 2.78 bits per heavy atom. The summed E-state index contributed by atoms with van der Waals surface area (Å²) >= 11 is 0. The van der Waals surface area contributed by atoms with Crippen LogP contribution in [-0.4, -0.2) is 60.6 Å². The van der Waals surface area contributed by atoms with E-state index in [0.29, 0.717) is 19.3 Å². The first-order valence-corrected chi connectivity index (χ1v) is 11.1. The predicted octanol–water partition coefficient (Wildman–Crippen LogP) is 3.52. The molecule has 1 aliphatic heterocycles. The van der Waals surface area contributed by atoms with Crippen molar-refractivity contribution in [2.45, 2.75) is 44.4 Å². The molecule has 0 radical (unpaired) electrons. The van der Waals surface area contributed by atoms with Crippen LogP contribution in [0.5, 0.6) is 11.5 Å². The molecule has 9 heteroatoms. The lowest BCUT2D eigenvalue weighted by atomic mass is 10.1. The minimum atomic E-state index is -0.00611. The Balaban J connectivity index is 0.00000289. The maximum Gasteiger partial charge on any atom is 0.194 e. The molecular weight excluding hydrogens is 521 g/mol. The van der Waals surface area contributed by atoms with E-state index in [0.717, 1.165) is 54.5 Å². The second kappa shape index (κ2) is 11.7. The van der Waals surface area contributed by atoms with Gasteiger partial charge in [-0.25, -0.2) is 0 Å². The molecule has 8 nitrogen and oxygen atoms in total. The molecule has 0 amide bonds. The van der Waals surface area contributed by atoms with Gasteiger partial charge in [0.2, 0.25) is 0 Å². The fraction of sp³-hybridized carbons (Fsp3) is 0.565. The summed E-state index contributed by atoms with van der Waals surface area (Å²) in [7, 11) is 5.43. The third-order valence-corrected chi connectivity index (χ3v) is 5.95. The fourth-order valence-corrected chi connectivity index (χ4v) is 4.27. The molecule has 1 N–H and O–H groups in total. The number of benzene rings is 1. The fourth-order valence-electron chi connectivity index (χ4n) is 4.27. The van der Waals surface area contributed by atoms with E-state index < -0.39 is 0 Å². The van der Waals surface area contributed by atoms with Gasteiger partial charge in [-0.15, -0.1) is 24.0 Å². The quantitative estimate of drug-likeness (QED) is 0.334. The monoisotopic (exact) mass is 555 g/mol. The highest BCUT2D eigenvalue weighted by Gasteiger charge is 2.25. The van der Waals surface area contributed by atoms with Crippen molar-refractivity contribution < 1.29 is 14.2 Å². The van der Waals surface area contributed by atoms with Crippen LogP contribution >= 0.6 is 24.0 Å². The van der Waals surface area contributed by atoms with Crippen LogP contribution in [0.3, 0.4) is 0 Å². The minimum absolute atomic E-state index is 0. The summed E-state index contributed by atoms with van der Waals surface area (Å²) in [4.78, 5) is 6.74. The van der Waals surface area contributed by atoms with Gasteiger partial charge in [-0.1, -0.05) is 6.07 Å². The molecule has 1 aromatic heterocycles. The largest absolute Gasteiger partial charge is 0.493 e. The molecule has 2 aromatic rings. The number of aliphatic imine (C=N–C) groups is 1. The molecule has 2 heterocycles. The highest BCUT2D eigenvalue weighted by atomic mass is 127. The van der Waals surface area contributed by atoms with Crippen LogP contribution in [0.4, 0.5) is 0 Å². The second-order valence-electron chi connectivity index (χ2n) is 8.16. The SMILES string of the molecule is CN=C(NCc1ccc(OC)c(OC2CCCC2)c1)N1CCOC(c2cnn(C)c2)C1.I. The molecule has 2 fully saturated rings. The number of halogens is 1. The van der Waals surface area contributed by atoms with Crippen molar-refractivity contribution in [1.29, 1.82) is 0 Å². The van der Waals surface area contributed by atoms with Crippen molar-refractivity contribution in [3.8, 4) is 11.5 Å².